The number of nitrogens with two attached hydrogens (primary N) is 1. The van der Waals surface area contributed by atoms with E-state index in [1.165, 1.54) is 18.5 Å². The van der Waals surface area contributed by atoms with Crippen molar-refractivity contribution in [2.45, 2.75) is 19.8 Å². The van der Waals surface area contributed by atoms with Gasteiger partial charge in [0.25, 0.3) is 0 Å². The van der Waals surface area contributed by atoms with E-state index in [1.807, 2.05) is 25.1 Å². The topological polar surface area (TPSA) is 72.9 Å². The second-order valence-electron chi connectivity index (χ2n) is 6.20. The Labute approximate surface area is 140 Å². The summed E-state index contributed by atoms with van der Waals surface area (Å²) >= 11 is 0. The zero-order valence-electron chi connectivity index (χ0n) is 13.7. The summed E-state index contributed by atoms with van der Waals surface area (Å²) in [6.45, 7) is 4.26. The highest BCUT2D eigenvalue weighted by atomic mass is 15.5. The van der Waals surface area contributed by atoms with Gasteiger partial charge < -0.3 is 10.6 Å². The lowest BCUT2D eigenvalue weighted by molar-refractivity contribution is 0.791. The number of rotatable bonds is 3. The Kier molecular flexibility index (Phi) is 3.65. The largest absolute Gasteiger partial charge is 0.398 e. The van der Waals surface area contributed by atoms with E-state index in [9.17, 15) is 0 Å². The van der Waals surface area contributed by atoms with Gasteiger partial charge in [0, 0.05) is 30.0 Å². The number of hydrogen-bond acceptors (Lipinski definition) is 5. The van der Waals surface area contributed by atoms with Gasteiger partial charge in [-0.05, 0) is 66.1 Å². The molecule has 4 rings (SSSR count). The first kappa shape index (κ1) is 14.7. The lowest BCUT2D eigenvalue weighted by atomic mass is 10.1. The number of aromatic nitrogens is 4. The lowest BCUT2D eigenvalue weighted by Gasteiger charge is -2.17. The zero-order chi connectivity index (χ0) is 16.5. The highest BCUT2D eigenvalue weighted by Gasteiger charge is 2.14. The van der Waals surface area contributed by atoms with Crippen molar-refractivity contribution in [1.29, 1.82) is 0 Å². The molecule has 0 spiro atoms. The van der Waals surface area contributed by atoms with Gasteiger partial charge >= 0.3 is 0 Å². The van der Waals surface area contributed by atoms with Gasteiger partial charge in [-0.1, -0.05) is 12.1 Å². The van der Waals surface area contributed by atoms with Crippen LogP contribution >= 0.6 is 0 Å². The normalized spacial score (nSPS) is 14.3. The average molecular weight is 320 g/mol. The van der Waals surface area contributed by atoms with Gasteiger partial charge in [-0.3, -0.25) is 0 Å². The van der Waals surface area contributed by atoms with Crippen molar-refractivity contribution in [1.82, 2.24) is 20.2 Å². The summed E-state index contributed by atoms with van der Waals surface area (Å²) in [5, 5.41) is 12.2. The molecule has 0 amide bonds. The van der Waals surface area contributed by atoms with E-state index in [0.29, 0.717) is 5.82 Å². The number of nitrogen functional groups attached to an aromatic ring is 1. The van der Waals surface area contributed by atoms with Crippen LogP contribution in [0, 0.1) is 6.92 Å². The van der Waals surface area contributed by atoms with Crippen molar-refractivity contribution in [3.8, 4) is 17.1 Å². The van der Waals surface area contributed by atoms with E-state index < -0.39 is 0 Å². The third-order valence-corrected chi connectivity index (χ3v) is 4.57. The van der Waals surface area contributed by atoms with Crippen LogP contribution < -0.4 is 10.6 Å². The summed E-state index contributed by atoms with van der Waals surface area (Å²) in [5.74, 6) is 0.690. The molecule has 1 fully saturated rings. The van der Waals surface area contributed by atoms with Crippen LogP contribution in [-0.2, 0) is 0 Å². The molecule has 0 bridgehead atoms. The lowest BCUT2D eigenvalue weighted by Crippen LogP contribution is -2.17. The number of aryl methyl sites for hydroxylation is 1. The van der Waals surface area contributed by atoms with Gasteiger partial charge in [0.05, 0.1) is 5.69 Å². The van der Waals surface area contributed by atoms with E-state index in [-0.39, 0.29) is 0 Å². The SMILES string of the molecule is Cc1ccc(-c2nnnn2-c2ccc(N3CCCC3)cc2)cc1N. The fraction of sp³-hybridized carbons (Fsp3) is 0.278. The molecule has 1 aliphatic heterocycles. The van der Waals surface area contributed by atoms with Crippen molar-refractivity contribution in [3.05, 3.63) is 48.0 Å². The van der Waals surface area contributed by atoms with Gasteiger partial charge in [-0.15, -0.1) is 5.10 Å². The molecule has 3 aromatic rings. The second kappa shape index (κ2) is 5.96. The highest BCUT2D eigenvalue weighted by molar-refractivity contribution is 5.65. The van der Waals surface area contributed by atoms with Crippen LogP contribution in [0.5, 0.6) is 0 Å². The monoisotopic (exact) mass is 320 g/mol. The fourth-order valence-electron chi connectivity index (χ4n) is 3.10. The molecule has 0 saturated carbocycles. The Morgan fingerprint density at radius 2 is 1.67 bits per heavy atom. The van der Waals surface area contributed by atoms with Crippen LogP contribution in [0.4, 0.5) is 11.4 Å². The third kappa shape index (κ3) is 2.60. The molecule has 122 valence electrons. The predicted molar refractivity (Wildman–Crippen MR) is 95.2 cm³/mol. The van der Waals surface area contributed by atoms with Crippen molar-refractivity contribution >= 4 is 11.4 Å². The van der Waals surface area contributed by atoms with E-state index in [0.717, 1.165) is 35.6 Å². The van der Waals surface area contributed by atoms with Crippen LogP contribution in [0.1, 0.15) is 18.4 Å². The second-order valence-corrected chi connectivity index (χ2v) is 6.20. The Hall–Kier alpha value is -2.89. The maximum absolute atomic E-state index is 6.02. The minimum Gasteiger partial charge on any atom is -0.398 e. The Bertz CT molecular complexity index is 846. The molecule has 2 N–H and O–H groups in total. The van der Waals surface area contributed by atoms with Crippen LogP contribution in [0.15, 0.2) is 42.5 Å². The first-order valence-electron chi connectivity index (χ1n) is 8.22. The molecule has 6 nitrogen and oxygen atoms in total. The quantitative estimate of drug-likeness (QED) is 0.751. The van der Waals surface area contributed by atoms with E-state index in [4.69, 9.17) is 5.73 Å². The fourth-order valence-corrected chi connectivity index (χ4v) is 3.10. The van der Waals surface area contributed by atoms with Gasteiger partial charge in [-0.25, -0.2) is 0 Å². The third-order valence-electron chi connectivity index (χ3n) is 4.57. The number of benzene rings is 2. The van der Waals surface area contributed by atoms with E-state index in [2.05, 4.69) is 44.7 Å². The molecular formula is C18H20N6. The first-order chi connectivity index (χ1) is 11.7. The molecule has 2 heterocycles. The number of anilines is 2. The molecule has 1 saturated heterocycles. The summed E-state index contributed by atoms with van der Waals surface area (Å²) in [6.07, 6.45) is 2.54. The molecule has 24 heavy (non-hydrogen) atoms. The van der Waals surface area contributed by atoms with Crippen molar-refractivity contribution < 1.29 is 0 Å². The average Bonchev–Trinajstić information content (AvgIpc) is 3.29. The predicted octanol–water partition coefficient (Wildman–Crippen LogP) is 2.82. The molecule has 0 atom stereocenters. The molecule has 0 aliphatic carbocycles. The summed E-state index contributed by atoms with van der Waals surface area (Å²) in [7, 11) is 0. The Balaban J connectivity index is 1.67. The Morgan fingerprint density at radius 1 is 0.958 bits per heavy atom. The summed E-state index contributed by atoms with van der Waals surface area (Å²) < 4.78 is 1.75. The van der Waals surface area contributed by atoms with Crippen LogP contribution in [0.3, 0.4) is 0 Å². The zero-order valence-corrected chi connectivity index (χ0v) is 13.7. The van der Waals surface area contributed by atoms with Crippen molar-refractivity contribution in [2.24, 2.45) is 0 Å². The first-order valence-corrected chi connectivity index (χ1v) is 8.22. The Morgan fingerprint density at radius 3 is 2.38 bits per heavy atom. The molecule has 0 unspecified atom stereocenters. The minimum atomic E-state index is 0.690. The summed E-state index contributed by atoms with van der Waals surface area (Å²) in [5.41, 5.74) is 10.9. The maximum atomic E-state index is 6.02. The summed E-state index contributed by atoms with van der Waals surface area (Å²) in [6, 6.07) is 14.3. The molecule has 2 aromatic carbocycles. The van der Waals surface area contributed by atoms with Gasteiger partial charge in [-0.2, -0.15) is 4.68 Å². The van der Waals surface area contributed by atoms with Gasteiger partial charge in [0.2, 0.25) is 0 Å². The maximum Gasteiger partial charge on any atom is 0.187 e. The van der Waals surface area contributed by atoms with Crippen molar-refractivity contribution in [2.75, 3.05) is 23.7 Å². The van der Waals surface area contributed by atoms with Crippen LogP contribution in [-0.4, -0.2) is 33.3 Å². The number of tetrazole rings is 1. The van der Waals surface area contributed by atoms with Crippen LogP contribution in [0.25, 0.3) is 17.1 Å². The van der Waals surface area contributed by atoms with Crippen molar-refractivity contribution in [3.63, 3.8) is 0 Å². The van der Waals surface area contributed by atoms with Gasteiger partial charge in [0.15, 0.2) is 5.82 Å². The molecule has 6 heteroatoms. The molecule has 1 aliphatic rings. The van der Waals surface area contributed by atoms with Gasteiger partial charge in [0.1, 0.15) is 0 Å². The highest BCUT2D eigenvalue weighted by Crippen LogP contribution is 2.25. The van der Waals surface area contributed by atoms with Crippen LogP contribution in [0.2, 0.25) is 0 Å². The van der Waals surface area contributed by atoms with E-state index >= 15 is 0 Å². The molecule has 1 aromatic heterocycles. The summed E-state index contributed by atoms with van der Waals surface area (Å²) in [4.78, 5) is 2.41. The minimum absolute atomic E-state index is 0.690. The standard InChI is InChI=1S/C18H20N6/c1-13-4-5-14(12-17(13)19)18-20-21-22-24(18)16-8-6-15(7-9-16)23-10-2-3-11-23/h4-9,12H,2-3,10-11,19H2,1H3. The number of hydrogen-bond donors (Lipinski definition) is 1. The smallest absolute Gasteiger partial charge is 0.187 e. The molecule has 0 radical (unpaired) electrons. The molecular weight excluding hydrogens is 300 g/mol. The number of nitrogens with zero attached hydrogens (tertiary/aromatic N) is 5. The van der Waals surface area contributed by atoms with E-state index in [1.54, 1.807) is 4.68 Å².